The molecule has 96 valence electrons. The summed E-state index contributed by atoms with van der Waals surface area (Å²) in [4.78, 5) is 22.9. The number of hydrogen-bond acceptors (Lipinski definition) is 3. The summed E-state index contributed by atoms with van der Waals surface area (Å²) in [5.41, 5.74) is -1.25. The molecule has 1 saturated heterocycles. The highest BCUT2D eigenvalue weighted by Crippen LogP contribution is 2.20. The second-order valence-electron chi connectivity index (χ2n) is 4.77. The average molecular weight is 242 g/mol. The van der Waals surface area contributed by atoms with Crippen LogP contribution in [0.1, 0.15) is 32.1 Å². The van der Waals surface area contributed by atoms with Crippen molar-refractivity contribution in [2.75, 3.05) is 13.2 Å². The van der Waals surface area contributed by atoms with Crippen LogP contribution < -0.4 is 10.6 Å². The van der Waals surface area contributed by atoms with E-state index in [9.17, 15) is 9.59 Å². The molecule has 0 aromatic carbocycles. The molecule has 0 bridgehead atoms. The van der Waals surface area contributed by atoms with Crippen LogP contribution in [0, 0.1) is 0 Å². The van der Waals surface area contributed by atoms with Gasteiger partial charge in [0.2, 0.25) is 0 Å². The highest BCUT2D eigenvalue weighted by Gasteiger charge is 2.44. The Labute approximate surface area is 99.7 Å². The van der Waals surface area contributed by atoms with Crippen LogP contribution in [-0.2, 0) is 9.53 Å². The zero-order valence-electron chi connectivity index (χ0n) is 9.70. The number of carboxylic acid groups (broad SMARTS) is 1. The van der Waals surface area contributed by atoms with E-state index >= 15 is 0 Å². The summed E-state index contributed by atoms with van der Waals surface area (Å²) in [6, 6.07) is -0.215. The summed E-state index contributed by atoms with van der Waals surface area (Å²) in [5.74, 6) is -1.03. The fraction of sp³-hybridized carbons (Fsp3) is 0.818. The molecule has 2 amide bonds. The van der Waals surface area contributed by atoms with E-state index in [1.807, 2.05) is 0 Å². The minimum Gasteiger partial charge on any atom is -0.479 e. The van der Waals surface area contributed by atoms with Gasteiger partial charge in [0.1, 0.15) is 0 Å². The summed E-state index contributed by atoms with van der Waals surface area (Å²) in [6.45, 7) is 0.413. The largest absolute Gasteiger partial charge is 0.479 e. The van der Waals surface area contributed by atoms with Crippen LogP contribution in [0.2, 0.25) is 0 Å². The molecular formula is C11H18N2O4. The average Bonchev–Trinajstić information content (AvgIpc) is 2.89. The fourth-order valence-corrected chi connectivity index (χ4v) is 2.39. The molecule has 6 heteroatoms. The maximum atomic E-state index is 11.7. The first-order valence-corrected chi connectivity index (χ1v) is 6.02. The molecule has 0 aromatic heterocycles. The Hall–Kier alpha value is -1.30. The van der Waals surface area contributed by atoms with Gasteiger partial charge < -0.3 is 20.5 Å². The third-order valence-corrected chi connectivity index (χ3v) is 3.47. The number of carboxylic acids is 1. The number of urea groups is 1. The lowest BCUT2D eigenvalue weighted by atomic mass is 9.99. The van der Waals surface area contributed by atoms with Gasteiger partial charge in [-0.15, -0.1) is 0 Å². The molecule has 0 aromatic rings. The molecule has 1 saturated carbocycles. The number of rotatable bonds is 3. The predicted octanol–water partition coefficient (Wildman–Crippen LogP) is 0.472. The molecule has 0 radical (unpaired) electrons. The van der Waals surface area contributed by atoms with Crippen LogP contribution in [0.3, 0.4) is 0 Å². The van der Waals surface area contributed by atoms with E-state index in [1.165, 1.54) is 0 Å². The lowest BCUT2D eigenvalue weighted by molar-refractivity contribution is -0.144. The molecule has 1 aliphatic carbocycles. The van der Waals surface area contributed by atoms with Crippen LogP contribution in [0.5, 0.6) is 0 Å². The highest BCUT2D eigenvalue weighted by molar-refractivity contribution is 5.86. The molecule has 1 aliphatic heterocycles. The molecule has 6 nitrogen and oxygen atoms in total. The Bertz CT molecular complexity index is 307. The van der Waals surface area contributed by atoms with E-state index in [1.54, 1.807) is 0 Å². The maximum Gasteiger partial charge on any atom is 0.332 e. The van der Waals surface area contributed by atoms with E-state index in [2.05, 4.69) is 10.6 Å². The number of hydrogen-bond donors (Lipinski definition) is 3. The summed E-state index contributed by atoms with van der Waals surface area (Å²) in [6.07, 6.45) is 4.52. The van der Waals surface area contributed by atoms with Crippen molar-refractivity contribution < 1.29 is 19.4 Å². The first kappa shape index (κ1) is 12.2. The maximum absolute atomic E-state index is 11.7. The standard InChI is InChI=1S/C11H18N2O4/c14-9(15)11(5-6-17-7-11)13-10(16)12-8-3-1-2-4-8/h8H,1-7H2,(H,14,15)(H2,12,13,16). The zero-order chi connectivity index (χ0) is 12.3. The van der Waals surface area contributed by atoms with Gasteiger partial charge in [0.25, 0.3) is 0 Å². The SMILES string of the molecule is O=C(NC1CCCC1)NC1(C(=O)O)CCOC1. The Balaban J connectivity index is 1.89. The van der Waals surface area contributed by atoms with Crippen LogP contribution in [0.25, 0.3) is 0 Å². The van der Waals surface area contributed by atoms with Gasteiger partial charge in [0.15, 0.2) is 5.54 Å². The minimum atomic E-state index is -1.25. The normalized spacial score (nSPS) is 29.2. The van der Waals surface area contributed by atoms with Crippen molar-refractivity contribution in [1.82, 2.24) is 10.6 Å². The van der Waals surface area contributed by atoms with Gasteiger partial charge in [0, 0.05) is 19.1 Å². The first-order chi connectivity index (χ1) is 8.12. The van der Waals surface area contributed by atoms with Crippen LogP contribution in [0.4, 0.5) is 4.79 Å². The Morgan fingerprint density at radius 2 is 2.00 bits per heavy atom. The number of amides is 2. The smallest absolute Gasteiger partial charge is 0.332 e. The number of ether oxygens (including phenoxy) is 1. The Kier molecular flexibility index (Phi) is 3.51. The summed E-state index contributed by atoms with van der Waals surface area (Å²) in [5, 5.41) is 14.5. The second kappa shape index (κ2) is 4.91. The van der Waals surface area contributed by atoms with Gasteiger partial charge in [-0.2, -0.15) is 0 Å². The van der Waals surface area contributed by atoms with Crippen LogP contribution >= 0.6 is 0 Å². The Morgan fingerprint density at radius 3 is 2.53 bits per heavy atom. The van der Waals surface area contributed by atoms with E-state index in [-0.39, 0.29) is 12.6 Å². The molecule has 1 heterocycles. The first-order valence-electron chi connectivity index (χ1n) is 6.02. The lowest BCUT2D eigenvalue weighted by Crippen LogP contribution is -2.58. The molecule has 0 spiro atoms. The van der Waals surface area contributed by atoms with Crippen molar-refractivity contribution in [3.8, 4) is 0 Å². The summed E-state index contributed by atoms with van der Waals surface area (Å²) >= 11 is 0. The molecule has 1 unspecified atom stereocenters. The number of carbonyl (C=O) groups excluding carboxylic acids is 1. The van der Waals surface area contributed by atoms with E-state index < -0.39 is 17.5 Å². The zero-order valence-corrected chi connectivity index (χ0v) is 9.70. The second-order valence-corrected chi connectivity index (χ2v) is 4.77. The topological polar surface area (TPSA) is 87.7 Å². The Morgan fingerprint density at radius 1 is 1.29 bits per heavy atom. The van der Waals surface area contributed by atoms with Gasteiger partial charge in [-0.3, -0.25) is 0 Å². The lowest BCUT2D eigenvalue weighted by Gasteiger charge is -2.25. The summed E-state index contributed by atoms with van der Waals surface area (Å²) < 4.78 is 5.07. The van der Waals surface area contributed by atoms with Gasteiger partial charge >= 0.3 is 12.0 Å². The van der Waals surface area contributed by atoms with Gasteiger partial charge in [0.05, 0.1) is 6.61 Å². The van der Waals surface area contributed by atoms with Gasteiger partial charge in [-0.25, -0.2) is 9.59 Å². The molecule has 3 N–H and O–H groups in total. The predicted molar refractivity (Wildman–Crippen MR) is 59.7 cm³/mol. The number of aliphatic carboxylic acids is 1. The quantitative estimate of drug-likeness (QED) is 0.671. The van der Waals surface area contributed by atoms with Crippen molar-refractivity contribution in [2.45, 2.75) is 43.7 Å². The number of carbonyl (C=O) groups is 2. The van der Waals surface area contributed by atoms with Crippen LogP contribution in [-0.4, -0.2) is 41.9 Å². The van der Waals surface area contributed by atoms with E-state index in [0.717, 1.165) is 25.7 Å². The molecular weight excluding hydrogens is 224 g/mol. The van der Waals surface area contributed by atoms with Crippen molar-refractivity contribution in [1.29, 1.82) is 0 Å². The minimum absolute atomic E-state index is 0.0421. The third kappa shape index (κ3) is 2.69. The van der Waals surface area contributed by atoms with Crippen molar-refractivity contribution in [3.63, 3.8) is 0 Å². The van der Waals surface area contributed by atoms with E-state index in [0.29, 0.717) is 13.0 Å². The van der Waals surface area contributed by atoms with Gasteiger partial charge in [-0.05, 0) is 12.8 Å². The molecule has 1 atom stereocenters. The third-order valence-electron chi connectivity index (χ3n) is 3.47. The van der Waals surface area contributed by atoms with Crippen LogP contribution in [0.15, 0.2) is 0 Å². The van der Waals surface area contributed by atoms with Gasteiger partial charge in [-0.1, -0.05) is 12.8 Å². The molecule has 2 rings (SSSR count). The number of nitrogens with one attached hydrogen (secondary N) is 2. The van der Waals surface area contributed by atoms with Crippen molar-refractivity contribution in [3.05, 3.63) is 0 Å². The van der Waals surface area contributed by atoms with Crippen molar-refractivity contribution >= 4 is 12.0 Å². The highest BCUT2D eigenvalue weighted by atomic mass is 16.5. The van der Waals surface area contributed by atoms with E-state index in [4.69, 9.17) is 9.84 Å². The molecule has 2 aliphatic rings. The molecule has 2 fully saturated rings. The summed E-state index contributed by atoms with van der Waals surface area (Å²) in [7, 11) is 0. The monoisotopic (exact) mass is 242 g/mol. The fourth-order valence-electron chi connectivity index (χ4n) is 2.39. The van der Waals surface area contributed by atoms with Crippen molar-refractivity contribution in [2.24, 2.45) is 0 Å². The molecule has 17 heavy (non-hydrogen) atoms.